The van der Waals surface area contributed by atoms with Crippen LogP contribution in [-0.2, 0) is 11.2 Å². The van der Waals surface area contributed by atoms with Gasteiger partial charge in [-0.05, 0) is 61.7 Å². The van der Waals surface area contributed by atoms with E-state index in [9.17, 15) is 8.78 Å². The number of halogens is 2. The molecule has 5 rings (SSSR count). The van der Waals surface area contributed by atoms with Gasteiger partial charge in [-0.15, -0.1) is 0 Å². The molecule has 1 saturated heterocycles. The molecule has 0 bridgehead atoms. The lowest BCUT2D eigenvalue weighted by molar-refractivity contribution is -0.0498. The molecule has 0 spiro atoms. The Labute approximate surface area is 183 Å². The zero-order valence-electron chi connectivity index (χ0n) is 17.6. The summed E-state index contributed by atoms with van der Waals surface area (Å²) in [5.41, 5.74) is 4.18. The summed E-state index contributed by atoms with van der Waals surface area (Å²) in [6, 6.07) is 12.6. The van der Waals surface area contributed by atoms with Crippen LogP contribution in [0, 0.1) is 0 Å². The average Bonchev–Trinajstić information content (AvgIpc) is 3.44. The van der Waals surface area contributed by atoms with Gasteiger partial charge in [0, 0.05) is 18.6 Å². The fourth-order valence-corrected chi connectivity index (χ4v) is 4.14. The van der Waals surface area contributed by atoms with E-state index in [-0.39, 0.29) is 11.8 Å². The Morgan fingerprint density at radius 1 is 1.09 bits per heavy atom. The monoisotopic (exact) mass is 439 g/mol. The number of pyridine rings is 1. The van der Waals surface area contributed by atoms with E-state index in [1.165, 1.54) is 12.1 Å². The number of aromatic nitrogens is 5. The summed E-state index contributed by atoms with van der Waals surface area (Å²) in [7, 11) is 0. The smallest absolute Gasteiger partial charge is 0.387 e. The number of alkyl halides is 2. The molecule has 0 aliphatic carbocycles. The van der Waals surface area contributed by atoms with Crippen molar-refractivity contribution in [3.8, 4) is 22.8 Å². The molecule has 0 radical (unpaired) electrons. The van der Waals surface area contributed by atoms with E-state index in [0.29, 0.717) is 0 Å². The van der Waals surface area contributed by atoms with Crippen LogP contribution in [0.4, 0.5) is 8.78 Å². The van der Waals surface area contributed by atoms with Gasteiger partial charge in [0.25, 0.3) is 0 Å². The number of fused-ring (bicyclic) bond motifs is 1. The van der Waals surface area contributed by atoms with Crippen LogP contribution in [0.15, 0.2) is 48.7 Å². The topological polar surface area (TPSA) is 67.0 Å². The molecular formula is C23H23F2N5O2. The van der Waals surface area contributed by atoms with Gasteiger partial charge in [0.2, 0.25) is 0 Å². The van der Waals surface area contributed by atoms with Gasteiger partial charge in [-0.3, -0.25) is 0 Å². The molecule has 1 aromatic carbocycles. The van der Waals surface area contributed by atoms with Crippen LogP contribution >= 0.6 is 0 Å². The Morgan fingerprint density at radius 2 is 1.88 bits per heavy atom. The number of benzene rings is 1. The summed E-state index contributed by atoms with van der Waals surface area (Å²) in [6.45, 7) is 0.697. The first kappa shape index (κ1) is 20.6. The summed E-state index contributed by atoms with van der Waals surface area (Å²) in [4.78, 5) is 4.98. The van der Waals surface area contributed by atoms with E-state index < -0.39 is 6.61 Å². The molecule has 0 atom stereocenters. The van der Waals surface area contributed by atoms with Gasteiger partial charge < -0.3 is 9.47 Å². The van der Waals surface area contributed by atoms with Gasteiger partial charge in [0.1, 0.15) is 5.75 Å². The average molecular weight is 439 g/mol. The maximum Gasteiger partial charge on any atom is 0.387 e. The number of ether oxygens (including phenoxy) is 2. The van der Waals surface area contributed by atoms with Crippen LogP contribution < -0.4 is 4.74 Å². The highest BCUT2D eigenvalue weighted by molar-refractivity contribution is 5.81. The molecule has 1 aliphatic heterocycles. The highest BCUT2D eigenvalue weighted by Crippen LogP contribution is 2.30. The van der Waals surface area contributed by atoms with Crippen LogP contribution in [-0.4, -0.2) is 44.4 Å². The maximum absolute atomic E-state index is 12.4. The molecule has 1 fully saturated rings. The molecule has 1 aliphatic rings. The van der Waals surface area contributed by atoms with Crippen molar-refractivity contribution in [1.82, 2.24) is 24.5 Å². The minimum atomic E-state index is -2.86. The lowest BCUT2D eigenvalue weighted by Crippen LogP contribution is -2.21. The summed E-state index contributed by atoms with van der Waals surface area (Å²) < 4.78 is 38.6. The summed E-state index contributed by atoms with van der Waals surface area (Å²) >= 11 is 0. The molecule has 166 valence electrons. The highest BCUT2D eigenvalue weighted by atomic mass is 19.3. The summed E-state index contributed by atoms with van der Waals surface area (Å²) in [5, 5.41) is 10.3. The zero-order chi connectivity index (χ0) is 22.1. The third-order valence-electron chi connectivity index (χ3n) is 5.71. The van der Waals surface area contributed by atoms with Crippen LogP contribution in [0.1, 0.15) is 31.5 Å². The molecule has 7 nitrogen and oxygen atoms in total. The number of hydrogen-bond donors (Lipinski definition) is 0. The lowest BCUT2D eigenvalue weighted by atomic mass is 10.1. The zero-order valence-corrected chi connectivity index (χ0v) is 17.6. The standard InChI is InChI=1S/C23H23F2N5O2/c1-2-19-18-7-8-20(27-22(18)30(28-19)16-10-13-31-14-11-16)21-9-12-26-29(21)15-3-5-17(6-4-15)32-23(24)25/h3-9,12,16,23H,2,10-11,13-14H2,1H3. The van der Waals surface area contributed by atoms with Crippen molar-refractivity contribution in [2.75, 3.05) is 13.2 Å². The van der Waals surface area contributed by atoms with Gasteiger partial charge in [0.15, 0.2) is 5.65 Å². The Balaban J connectivity index is 1.54. The van der Waals surface area contributed by atoms with Crippen molar-refractivity contribution in [2.45, 2.75) is 38.8 Å². The van der Waals surface area contributed by atoms with E-state index >= 15 is 0 Å². The van der Waals surface area contributed by atoms with Gasteiger partial charge in [-0.25, -0.2) is 14.3 Å². The van der Waals surface area contributed by atoms with E-state index in [1.54, 1.807) is 23.0 Å². The van der Waals surface area contributed by atoms with Crippen molar-refractivity contribution in [3.05, 3.63) is 54.4 Å². The third-order valence-corrected chi connectivity index (χ3v) is 5.71. The van der Waals surface area contributed by atoms with E-state index in [1.807, 2.05) is 12.1 Å². The molecule has 0 amide bonds. The number of rotatable bonds is 6. The van der Waals surface area contributed by atoms with Crippen molar-refractivity contribution in [1.29, 1.82) is 0 Å². The number of nitrogens with zero attached hydrogens (tertiary/aromatic N) is 5. The van der Waals surface area contributed by atoms with Gasteiger partial charge >= 0.3 is 6.61 Å². The molecule has 9 heteroatoms. The van der Waals surface area contributed by atoms with E-state index in [2.05, 4.69) is 27.5 Å². The molecule has 0 unspecified atom stereocenters. The number of hydrogen-bond acceptors (Lipinski definition) is 5. The normalized spacial score (nSPS) is 15.0. The molecule has 3 aromatic heterocycles. The SMILES string of the molecule is CCc1nn(C2CCOCC2)c2nc(-c3ccnn3-c3ccc(OC(F)F)cc3)ccc12. The predicted molar refractivity (Wildman–Crippen MR) is 115 cm³/mol. The predicted octanol–water partition coefficient (Wildman–Crippen LogP) is 4.80. The van der Waals surface area contributed by atoms with Crippen molar-refractivity contribution in [3.63, 3.8) is 0 Å². The second kappa shape index (κ2) is 8.66. The Hall–Kier alpha value is -3.33. The molecule has 4 aromatic rings. The second-order valence-corrected chi connectivity index (χ2v) is 7.66. The first-order valence-electron chi connectivity index (χ1n) is 10.7. The lowest BCUT2D eigenvalue weighted by Gasteiger charge is -2.22. The first-order valence-corrected chi connectivity index (χ1v) is 10.7. The van der Waals surface area contributed by atoms with Crippen molar-refractivity contribution < 1.29 is 18.3 Å². The van der Waals surface area contributed by atoms with Crippen molar-refractivity contribution >= 4 is 11.0 Å². The van der Waals surface area contributed by atoms with E-state index in [0.717, 1.165) is 66.3 Å². The van der Waals surface area contributed by atoms with Crippen LogP contribution in [0.25, 0.3) is 28.1 Å². The molecular weight excluding hydrogens is 416 g/mol. The fourth-order valence-electron chi connectivity index (χ4n) is 4.14. The fraction of sp³-hybridized carbons (Fsp3) is 0.348. The van der Waals surface area contributed by atoms with Crippen LogP contribution in [0.3, 0.4) is 0 Å². The van der Waals surface area contributed by atoms with Crippen molar-refractivity contribution in [2.24, 2.45) is 0 Å². The number of aryl methyl sites for hydroxylation is 1. The molecule has 4 heterocycles. The quantitative estimate of drug-likeness (QED) is 0.432. The van der Waals surface area contributed by atoms with Gasteiger partial charge in [-0.1, -0.05) is 6.92 Å². The Bertz CT molecular complexity index is 1210. The third kappa shape index (κ3) is 3.84. The summed E-state index contributed by atoms with van der Waals surface area (Å²) in [6.07, 6.45) is 4.35. The van der Waals surface area contributed by atoms with E-state index in [4.69, 9.17) is 14.8 Å². The van der Waals surface area contributed by atoms with Crippen LogP contribution in [0.5, 0.6) is 5.75 Å². The van der Waals surface area contributed by atoms with Crippen LogP contribution in [0.2, 0.25) is 0 Å². The highest BCUT2D eigenvalue weighted by Gasteiger charge is 2.22. The Morgan fingerprint density at radius 3 is 2.59 bits per heavy atom. The largest absolute Gasteiger partial charge is 0.435 e. The molecule has 0 N–H and O–H groups in total. The summed E-state index contributed by atoms with van der Waals surface area (Å²) in [5.74, 6) is 0.101. The molecule has 0 saturated carbocycles. The Kier molecular flexibility index (Phi) is 5.57. The van der Waals surface area contributed by atoms with Gasteiger partial charge in [0.05, 0.1) is 35.0 Å². The molecule has 32 heavy (non-hydrogen) atoms. The first-order chi connectivity index (χ1) is 15.6. The minimum Gasteiger partial charge on any atom is -0.435 e. The van der Waals surface area contributed by atoms with Gasteiger partial charge in [-0.2, -0.15) is 19.0 Å². The maximum atomic E-state index is 12.4. The second-order valence-electron chi connectivity index (χ2n) is 7.66. The minimum absolute atomic E-state index is 0.101.